The second-order valence-electron chi connectivity index (χ2n) is 4.54. The minimum absolute atomic E-state index is 0.114. The average Bonchev–Trinajstić information content (AvgIpc) is 2.47. The van der Waals surface area contributed by atoms with E-state index in [9.17, 15) is 18.7 Å². The lowest BCUT2D eigenvalue weighted by Crippen LogP contribution is -2.08. The van der Waals surface area contributed by atoms with Gasteiger partial charge in [0.05, 0.1) is 6.10 Å². The Morgan fingerprint density at radius 2 is 2.13 bits per heavy atom. The molecule has 124 valence electrons. The largest absolute Gasteiger partial charge is 0.478 e. The summed E-state index contributed by atoms with van der Waals surface area (Å²) in [6.07, 6.45) is 0.437. The number of aliphatic imine (C=N–C) groups is 1. The number of aliphatic carboxylic acids is 1. The Labute approximate surface area is 136 Å². The maximum Gasteiger partial charge on any atom is 0.331 e. The average molecular weight is 345 g/mol. The van der Waals surface area contributed by atoms with Gasteiger partial charge in [-0.1, -0.05) is 24.2 Å². The van der Waals surface area contributed by atoms with Crippen molar-refractivity contribution >= 4 is 29.4 Å². The highest BCUT2D eigenvalue weighted by Gasteiger charge is 2.18. The van der Waals surface area contributed by atoms with Crippen molar-refractivity contribution in [2.24, 2.45) is 10.7 Å². The number of carboxylic acid groups (broad SMARTS) is 1. The van der Waals surface area contributed by atoms with E-state index in [1.165, 1.54) is 18.2 Å². The van der Waals surface area contributed by atoms with Crippen LogP contribution < -0.4 is 5.73 Å². The summed E-state index contributed by atoms with van der Waals surface area (Å²) in [7, 11) is 0. The topological polar surface area (TPSA) is 95.9 Å². The Balaban J connectivity index is 3.24. The smallest absolute Gasteiger partial charge is 0.331 e. The second-order valence-corrected chi connectivity index (χ2v) is 4.97. The first-order chi connectivity index (χ1) is 10.8. The molecule has 0 aliphatic heterocycles. The molecule has 0 spiro atoms. The molecule has 1 aromatic rings. The molecule has 4 N–H and O–H groups in total. The Morgan fingerprint density at radius 1 is 1.48 bits per heavy atom. The lowest BCUT2D eigenvalue weighted by Gasteiger charge is -2.16. The molecule has 0 amide bonds. The zero-order valence-corrected chi connectivity index (χ0v) is 12.7. The van der Waals surface area contributed by atoms with Crippen LogP contribution >= 0.6 is 11.6 Å². The highest BCUT2D eigenvalue weighted by molar-refractivity contribution is 6.31. The van der Waals surface area contributed by atoms with Gasteiger partial charge in [0.25, 0.3) is 0 Å². The lowest BCUT2D eigenvalue weighted by atomic mass is 9.94. The number of rotatable bonds is 7. The van der Waals surface area contributed by atoms with E-state index in [0.29, 0.717) is 0 Å². The molecular formula is C15H15ClF2N2O3. The molecule has 1 aromatic carbocycles. The standard InChI is InChI=1S/C15H15ClF2N2O3/c1-8(14(22)23)4-13(21)11-3-2-10(16)5-12(11)9(6-19)7-20-15(17)18/h2-3,5-7,13,15,21H,1,4,19H2,(H,22,23)/b9-6+,20-7+. The molecule has 0 saturated heterocycles. The monoisotopic (exact) mass is 344 g/mol. The molecular weight excluding hydrogens is 330 g/mol. The van der Waals surface area contributed by atoms with Gasteiger partial charge in [0.15, 0.2) is 0 Å². The van der Waals surface area contributed by atoms with Crippen LogP contribution in [0.5, 0.6) is 0 Å². The van der Waals surface area contributed by atoms with Crippen LogP contribution in [0.1, 0.15) is 23.7 Å². The molecule has 5 nitrogen and oxygen atoms in total. The summed E-state index contributed by atoms with van der Waals surface area (Å²) in [5.74, 6) is -1.24. The molecule has 0 bridgehead atoms. The highest BCUT2D eigenvalue weighted by atomic mass is 35.5. The fourth-order valence-electron chi connectivity index (χ4n) is 1.84. The molecule has 23 heavy (non-hydrogen) atoms. The summed E-state index contributed by atoms with van der Waals surface area (Å²) in [6, 6.07) is 4.35. The summed E-state index contributed by atoms with van der Waals surface area (Å²) in [5.41, 5.74) is 5.89. The van der Waals surface area contributed by atoms with Crippen LogP contribution in [0.4, 0.5) is 8.78 Å². The van der Waals surface area contributed by atoms with Crippen molar-refractivity contribution in [3.05, 3.63) is 52.7 Å². The van der Waals surface area contributed by atoms with E-state index < -0.39 is 18.6 Å². The maximum atomic E-state index is 12.2. The number of halogens is 3. The molecule has 0 heterocycles. The third-order valence-electron chi connectivity index (χ3n) is 2.93. The number of aliphatic hydroxyl groups excluding tert-OH is 1. The molecule has 0 aliphatic carbocycles. The van der Waals surface area contributed by atoms with E-state index in [2.05, 4.69) is 11.6 Å². The van der Waals surface area contributed by atoms with Crippen molar-refractivity contribution in [2.75, 3.05) is 0 Å². The number of hydrogen-bond donors (Lipinski definition) is 3. The first-order valence-electron chi connectivity index (χ1n) is 6.38. The number of aliphatic hydroxyl groups is 1. The van der Waals surface area contributed by atoms with Crippen molar-refractivity contribution in [1.29, 1.82) is 0 Å². The molecule has 1 rings (SSSR count). The summed E-state index contributed by atoms with van der Waals surface area (Å²) >= 11 is 5.89. The Kier molecular flexibility index (Phi) is 6.87. The maximum absolute atomic E-state index is 12.2. The quantitative estimate of drug-likeness (QED) is 0.402. The van der Waals surface area contributed by atoms with Crippen molar-refractivity contribution < 1.29 is 23.8 Å². The van der Waals surface area contributed by atoms with Gasteiger partial charge in [-0.15, -0.1) is 0 Å². The van der Waals surface area contributed by atoms with Gasteiger partial charge in [0.2, 0.25) is 0 Å². The van der Waals surface area contributed by atoms with Crippen LogP contribution in [-0.4, -0.2) is 28.9 Å². The van der Waals surface area contributed by atoms with E-state index in [4.69, 9.17) is 22.4 Å². The summed E-state index contributed by atoms with van der Waals surface area (Å²) in [6.45, 7) is 0.428. The van der Waals surface area contributed by atoms with E-state index in [0.717, 1.165) is 12.4 Å². The molecule has 0 radical (unpaired) electrons. The fourth-order valence-corrected chi connectivity index (χ4v) is 2.01. The number of nitrogens with two attached hydrogens (primary N) is 1. The SMILES string of the molecule is C=C(CC(O)c1ccc(Cl)cc1C(=C/N)/C=N/C(F)F)C(=O)O. The Morgan fingerprint density at radius 3 is 2.65 bits per heavy atom. The van der Waals surface area contributed by atoms with Crippen LogP contribution in [-0.2, 0) is 4.79 Å². The van der Waals surface area contributed by atoms with Gasteiger partial charge in [-0.2, -0.15) is 8.78 Å². The van der Waals surface area contributed by atoms with Crippen molar-refractivity contribution in [2.45, 2.75) is 19.1 Å². The number of alkyl halides is 2. The number of nitrogens with zero attached hydrogens (tertiary/aromatic N) is 1. The fraction of sp³-hybridized carbons (Fsp3) is 0.200. The summed E-state index contributed by atoms with van der Waals surface area (Å²) < 4.78 is 24.5. The zero-order valence-electron chi connectivity index (χ0n) is 11.9. The third-order valence-corrected chi connectivity index (χ3v) is 3.17. The predicted octanol–water partition coefficient (Wildman–Crippen LogP) is 3.00. The Bertz CT molecular complexity index is 660. The molecule has 0 saturated carbocycles. The van der Waals surface area contributed by atoms with Gasteiger partial charge in [0, 0.05) is 35.0 Å². The Hall–Kier alpha value is -2.25. The number of allylic oxidation sites excluding steroid dienone is 1. The number of benzene rings is 1. The molecule has 0 aromatic heterocycles. The van der Waals surface area contributed by atoms with Crippen LogP contribution in [0.15, 0.2) is 41.5 Å². The van der Waals surface area contributed by atoms with Gasteiger partial charge < -0.3 is 15.9 Å². The predicted molar refractivity (Wildman–Crippen MR) is 84.5 cm³/mol. The minimum Gasteiger partial charge on any atom is -0.478 e. The first-order valence-corrected chi connectivity index (χ1v) is 6.76. The van der Waals surface area contributed by atoms with Crippen LogP contribution in [0, 0.1) is 0 Å². The van der Waals surface area contributed by atoms with Gasteiger partial charge in [-0.25, -0.2) is 9.79 Å². The van der Waals surface area contributed by atoms with Gasteiger partial charge >= 0.3 is 12.5 Å². The van der Waals surface area contributed by atoms with Crippen LogP contribution in [0.2, 0.25) is 5.02 Å². The van der Waals surface area contributed by atoms with E-state index >= 15 is 0 Å². The van der Waals surface area contributed by atoms with Gasteiger partial charge in [-0.05, 0) is 23.3 Å². The normalized spacial score (nSPS) is 13.5. The molecule has 8 heteroatoms. The second kappa shape index (κ2) is 8.40. The summed E-state index contributed by atoms with van der Waals surface area (Å²) in [5, 5.41) is 19.3. The van der Waals surface area contributed by atoms with E-state index in [1.807, 2.05) is 0 Å². The van der Waals surface area contributed by atoms with Crippen molar-refractivity contribution in [3.63, 3.8) is 0 Å². The summed E-state index contributed by atoms with van der Waals surface area (Å²) in [4.78, 5) is 13.8. The van der Waals surface area contributed by atoms with Crippen molar-refractivity contribution in [1.82, 2.24) is 0 Å². The zero-order chi connectivity index (χ0) is 17.6. The van der Waals surface area contributed by atoms with E-state index in [1.54, 1.807) is 0 Å². The van der Waals surface area contributed by atoms with Gasteiger partial charge in [0.1, 0.15) is 0 Å². The highest BCUT2D eigenvalue weighted by Crippen LogP contribution is 2.30. The van der Waals surface area contributed by atoms with Gasteiger partial charge in [-0.3, -0.25) is 0 Å². The number of carbonyl (C=O) groups is 1. The first kappa shape index (κ1) is 18.8. The van der Waals surface area contributed by atoms with Crippen LogP contribution in [0.25, 0.3) is 5.57 Å². The minimum atomic E-state index is -2.91. The number of carboxylic acids is 1. The number of hydrogen-bond acceptors (Lipinski definition) is 4. The lowest BCUT2D eigenvalue weighted by molar-refractivity contribution is -0.133. The third kappa shape index (κ3) is 5.46. The molecule has 1 unspecified atom stereocenters. The molecule has 1 atom stereocenters. The molecule has 0 aliphatic rings. The van der Waals surface area contributed by atoms with E-state index in [-0.39, 0.29) is 33.7 Å². The molecule has 0 fully saturated rings. The van der Waals surface area contributed by atoms with Crippen molar-refractivity contribution in [3.8, 4) is 0 Å². The van der Waals surface area contributed by atoms with Crippen LogP contribution in [0.3, 0.4) is 0 Å².